The highest BCUT2D eigenvalue weighted by atomic mass is 16.1. The van der Waals surface area contributed by atoms with Gasteiger partial charge in [0.1, 0.15) is 0 Å². The fourth-order valence-electron chi connectivity index (χ4n) is 3.04. The van der Waals surface area contributed by atoms with E-state index in [0.717, 1.165) is 17.3 Å². The number of aromatic amines is 1. The highest BCUT2D eigenvalue weighted by molar-refractivity contribution is 6.09. The lowest BCUT2D eigenvalue weighted by atomic mass is 9.83. The average Bonchev–Trinajstić information content (AvgIpc) is 2.79. The fraction of sp³-hybridized carbons (Fsp3) is 0.444. The third-order valence-corrected chi connectivity index (χ3v) is 3.62. The number of rotatable bonds is 4. The molecule has 0 fully saturated rings. The molecule has 21 heavy (non-hydrogen) atoms. The molecule has 3 nitrogen and oxygen atoms in total. The zero-order valence-corrected chi connectivity index (χ0v) is 13.2. The van der Waals surface area contributed by atoms with E-state index in [1.54, 1.807) is 12.3 Å². The summed E-state index contributed by atoms with van der Waals surface area (Å²) in [6, 6.07) is 7.65. The van der Waals surface area contributed by atoms with E-state index in [9.17, 15) is 10.1 Å². The molecule has 0 bridgehead atoms. The minimum atomic E-state index is 0.112. The van der Waals surface area contributed by atoms with Gasteiger partial charge in [0.15, 0.2) is 5.78 Å². The predicted octanol–water partition coefficient (Wildman–Crippen LogP) is 4.68. The Morgan fingerprint density at radius 2 is 2.10 bits per heavy atom. The Kier molecular flexibility index (Phi) is 4.18. The van der Waals surface area contributed by atoms with E-state index < -0.39 is 0 Å². The first-order chi connectivity index (χ1) is 9.81. The second-order valence-corrected chi connectivity index (χ2v) is 7.04. The lowest BCUT2D eigenvalue weighted by molar-refractivity contribution is 0.0956. The van der Waals surface area contributed by atoms with Crippen LogP contribution >= 0.6 is 0 Å². The van der Waals surface area contributed by atoms with E-state index in [4.69, 9.17) is 0 Å². The standard InChI is InChI=1S/C18H22N2O/c1-12(9-18(2,3)4)8-16(21)14-11-20-15-7-5-6-13(10-19)17(14)15/h5-7,11-12,20H,8-9H2,1-4H3. The van der Waals surface area contributed by atoms with Crippen molar-refractivity contribution in [1.29, 1.82) is 5.26 Å². The van der Waals surface area contributed by atoms with E-state index in [0.29, 0.717) is 23.5 Å². The lowest BCUT2D eigenvalue weighted by Gasteiger charge is -2.22. The van der Waals surface area contributed by atoms with Gasteiger partial charge in [-0.1, -0.05) is 33.8 Å². The van der Waals surface area contributed by atoms with Crippen LogP contribution in [0.1, 0.15) is 56.5 Å². The highest BCUT2D eigenvalue weighted by Gasteiger charge is 2.21. The Bertz CT molecular complexity index is 698. The van der Waals surface area contributed by atoms with Gasteiger partial charge in [-0.3, -0.25) is 4.79 Å². The van der Waals surface area contributed by atoms with Crippen molar-refractivity contribution in [2.75, 3.05) is 0 Å². The maximum absolute atomic E-state index is 12.6. The topological polar surface area (TPSA) is 56.6 Å². The Labute approximate surface area is 126 Å². The van der Waals surface area contributed by atoms with Gasteiger partial charge >= 0.3 is 0 Å². The summed E-state index contributed by atoms with van der Waals surface area (Å²) in [5.41, 5.74) is 2.27. The second kappa shape index (κ2) is 5.73. The maximum atomic E-state index is 12.6. The normalized spacial score (nSPS) is 13.1. The van der Waals surface area contributed by atoms with Crippen molar-refractivity contribution in [2.45, 2.75) is 40.5 Å². The largest absolute Gasteiger partial charge is 0.360 e. The first kappa shape index (κ1) is 15.3. The van der Waals surface area contributed by atoms with Crippen molar-refractivity contribution in [3.8, 4) is 6.07 Å². The third kappa shape index (κ3) is 3.52. The molecule has 0 saturated carbocycles. The maximum Gasteiger partial charge on any atom is 0.165 e. The molecular weight excluding hydrogens is 260 g/mol. The molecular formula is C18H22N2O. The number of nitrogens with zero attached hydrogens (tertiary/aromatic N) is 1. The number of aromatic nitrogens is 1. The molecule has 1 unspecified atom stereocenters. The Morgan fingerprint density at radius 3 is 2.71 bits per heavy atom. The van der Waals surface area contributed by atoms with E-state index in [1.165, 1.54) is 0 Å². The monoisotopic (exact) mass is 282 g/mol. The van der Waals surface area contributed by atoms with Crippen LogP contribution in [0.5, 0.6) is 0 Å². The quantitative estimate of drug-likeness (QED) is 0.827. The number of hydrogen-bond acceptors (Lipinski definition) is 2. The molecule has 2 rings (SSSR count). The van der Waals surface area contributed by atoms with Crippen molar-refractivity contribution < 1.29 is 4.79 Å². The van der Waals surface area contributed by atoms with Crippen LogP contribution in [0.15, 0.2) is 24.4 Å². The van der Waals surface area contributed by atoms with Crippen LogP contribution in [0.4, 0.5) is 0 Å². The number of Topliss-reactive ketones (excluding diaryl/α,β-unsaturated/α-hetero) is 1. The number of ketones is 1. The van der Waals surface area contributed by atoms with Crippen molar-refractivity contribution in [3.63, 3.8) is 0 Å². The van der Waals surface area contributed by atoms with Crippen molar-refractivity contribution in [1.82, 2.24) is 4.98 Å². The van der Waals surface area contributed by atoms with Gasteiger partial charge in [-0.15, -0.1) is 0 Å². The van der Waals surface area contributed by atoms with Gasteiger partial charge in [0.05, 0.1) is 11.6 Å². The molecule has 0 aliphatic heterocycles. The summed E-state index contributed by atoms with van der Waals surface area (Å²) in [6.45, 7) is 8.68. The van der Waals surface area contributed by atoms with Gasteiger partial charge in [-0.05, 0) is 29.9 Å². The van der Waals surface area contributed by atoms with Gasteiger partial charge in [-0.2, -0.15) is 5.26 Å². The molecule has 0 aliphatic rings. The summed E-state index contributed by atoms with van der Waals surface area (Å²) in [7, 11) is 0. The molecule has 1 aromatic heterocycles. The zero-order chi connectivity index (χ0) is 15.6. The van der Waals surface area contributed by atoms with Crippen LogP contribution in [-0.2, 0) is 0 Å². The highest BCUT2D eigenvalue weighted by Crippen LogP contribution is 2.29. The minimum Gasteiger partial charge on any atom is -0.360 e. The van der Waals surface area contributed by atoms with Gasteiger partial charge in [-0.25, -0.2) is 0 Å². The minimum absolute atomic E-state index is 0.112. The second-order valence-electron chi connectivity index (χ2n) is 7.04. The predicted molar refractivity (Wildman–Crippen MR) is 85.2 cm³/mol. The van der Waals surface area contributed by atoms with Crippen molar-refractivity contribution >= 4 is 16.7 Å². The van der Waals surface area contributed by atoms with E-state index in [2.05, 4.69) is 38.7 Å². The van der Waals surface area contributed by atoms with Crippen LogP contribution < -0.4 is 0 Å². The molecule has 3 heteroatoms. The number of carbonyl (C=O) groups excluding carboxylic acids is 1. The lowest BCUT2D eigenvalue weighted by Crippen LogP contribution is -2.14. The van der Waals surface area contributed by atoms with Crippen LogP contribution in [0.3, 0.4) is 0 Å². The number of nitrogens with one attached hydrogen (secondary N) is 1. The molecule has 2 aromatic rings. The van der Waals surface area contributed by atoms with Crippen molar-refractivity contribution in [2.24, 2.45) is 11.3 Å². The van der Waals surface area contributed by atoms with Gasteiger partial charge in [0.25, 0.3) is 0 Å². The SMILES string of the molecule is CC(CC(=O)c1c[nH]c2cccc(C#N)c12)CC(C)(C)C. The molecule has 110 valence electrons. The molecule has 1 atom stereocenters. The molecule has 1 N–H and O–H groups in total. The fourth-order valence-corrected chi connectivity index (χ4v) is 3.04. The third-order valence-electron chi connectivity index (χ3n) is 3.62. The first-order valence-electron chi connectivity index (χ1n) is 7.35. The summed E-state index contributed by atoms with van der Waals surface area (Å²) < 4.78 is 0. The van der Waals surface area contributed by atoms with Crippen LogP contribution in [0.25, 0.3) is 10.9 Å². The molecule has 1 heterocycles. The van der Waals surface area contributed by atoms with Gasteiger partial charge in [0.2, 0.25) is 0 Å². The summed E-state index contributed by atoms with van der Waals surface area (Å²) in [6.07, 6.45) is 3.26. The summed E-state index contributed by atoms with van der Waals surface area (Å²) in [5, 5.41) is 9.98. The Balaban J connectivity index is 2.27. The van der Waals surface area contributed by atoms with Crippen LogP contribution in [0, 0.1) is 22.7 Å². The Morgan fingerprint density at radius 1 is 1.38 bits per heavy atom. The molecule has 0 aliphatic carbocycles. The molecule has 0 saturated heterocycles. The number of fused-ring (bicyclic) bond motifs is 1. The van der Waals surface area contributed by atoms with E-state index >= 15 is 0 Å². The number of carbonyl (C=O) groups is 1. The van der Waals surface area contributed by atoms with E-state index in [-0.39, 0.29) is 11.2 Å². The van der Waals surface area contributed by atoms with E-state index in [1.807, 2.05) is 12.1 Å². The first-order valence-corrected chi connectivity index (χ1v) is 7.35. The van der Waals surface area contributed by atoms with Gasteiger partial charge in [0, 0.05) is 29.1 Å². The number of benzene rings is 1. The molecule has 0 radical (unpaired) electrons. The number of hydrogen-bond donors (Lipinski definition) is 1. The number of nitriles is 1. The Hall–Kier alpha value is -2.08. The summed E-state index contributed by atoms with van der Waals surface area (Å²) in [4.78, 5) is 15.6. The molecule has 0 amide bonds. The molecule has 1 aromatic carbocycles. The van der Waals surface area contributed by atoms with Crippen molar-refractivity contribution in [3.05, 3.63) is 35.5 Å². The summed E-state index contributed by atoms with van der Waals surface area (Å²) in [5.74, 6) is 0.442. The average molecular weight is 282 g/mol. The smallest absolute Gasteiger partial charge is 0.165 e. The van der Waals surface area contributed by atoms with Gasteiger partial charge < -0.3 is 4.98 Å². The van der Waals surface area contributed by atoms with Crippen LogP contribution in [-0.4, -0.2) is 10.8 Å². The zero-order valence-electron chi connectivity index (χ0n) is 13.2. The van der Waals surface area contributed by atoms with Crippen LogP contribution in [0.2, 0.25) is 0 Å². The molecule has 0 spiro atoms. The number of H-pyrrole nitrogens is 1. The summed E-state index contributed by atoms with van der Waals surface area (Å²) >= 11 is 0.